The number of ether oxygens (including phenoxy) is 2. The summed E-state index contributed by atoms with van der Waals surface area (Å²) in [5.74, 6) is 1.43. The molecule has 0 bridgehead atoms. The van der Waals surface area contributed by atoms with Crippen LogP contribution in [0.2, 0.25) is 0 Å². The molecular weight excluding hydrogens is 390 g/mol. The maximum atomic E-state index is 12.8. The number of hydrogen-bond acceptors (Lipinski definition) is 7. The van der Waals surface area contributed by atoms with Crippen LogP contribution in [-0.2, 0) is 4.74 Å². The van der Waals surface area contributed by atoms with E-state index in [9.17, 15) is 4.79 Å². The maximum Gasteiger partial charge on any atom is 0.277 e. The van der Waals surface area contributed by atoms with E-state index in [0.29, 0.717) is 23.3 Å². The summed E-state index contributed by atoms with van der Waals surface area (Å²) < 4.78 is 18.2. The average Bonchev–Trinajstić information content (AvgIpc) is 3.30. The van der Waals surface area contributed by atoms with Crippen molar-refractivity contribution < 1.29 is 18.7 Å². The molecule has 0 fully saturated rings. The van der Waals surface area contributed by atoms with Gasteiger partial charge in [0.25, 0.3) is 5.22 Å². The molecule has 0 saturated carbocycles. The first-order valence-electron chi connectivity index (χ1n) is 9.25. The molecule has 8 heteroatoms. The van der Waals surface area contributed by atoms with E-state index in [2.05, 4.69) is 21.7 Å². The van der Waals surface area contributed by atoms with E-state index in [4.69, 9.17) is 13.9 Å². The molecule has 0 aliphatic rings. The molecule has 2 heterocycles. The minimum Gasteiger partial charge on any atom is -0.497 e. The zero-order valence-electron chi connectivity index (χ0n) is 17.3. The number of carbonyl (C=O) groups excluding carboxylic acids is 1. The van der Waals surface area contributed by atoms with Crippen molar-refractivity contribution in [1.29, 1.82) is 0 Å². The molecule has 3 rings (SSSR count). The van der Waals surface area contributed by atoms with Crippen LogP contribution in [0.25, 0.3) is 11.5 Å². The number of nitrogens with zero attached hydrogens (tertiary/aromatic N) is 3. The molecule has 0 amide bonds. The summed E-state index contributed by atoms with van der Waals surface area (Å²) in [4.78, 5) is 12.8. The SMILES string of the molecule is COCC(C)n1c(C)cc(C(=O)CSc2nnc(-c3ccc(OC)cc3)o2)c1C. The van der Waals surface area contributed by atoms with E-state index in [1.807, 2.05) is 44.2 Å². The Labute approximate surface area is 174 Å². The van der Waals surface area contributed by atoms with Crippen LogP contribution in [-0.4, -0.2) is 47.1 Å². The molecule has 1 aromatic carbocycles. The van der Waals surface area contributed by atoms with Gasteiger partial charge < -0.3 is 18.5 Å². The molecule has 1 unspecified atom stereocenters. The van der Waals surface area contributed by atoms with Crippen molar-refractivity contribution in [2.24, 2.45) is 0 Å². The lowest BCUT2D eigenvalue weighted by Gasteiger charge is -2.17. The summed E-state index contributed by atoms with van der Waals surface area (Å²) >= 11 is 1.24. The van der Waals surface area contributed by atoms with Crippen LogP contribution in [0.4, 0.5) is 0 Å². The Kier molecular flexibility index (Phi) is 6.76. The number of carbonyl (C=O) groups is 1. The van der Waals surface area contributed by atoms with Crippen molar-refractivity contribution in [1.82, 2.24) is 14.8 Å². The minimum atomic E-state index is 0.0307. The van der Waals surface area contributed by atoms with Crippen molar-refractivity contribution >= 4 is 17.5 Å². The van der Waals surface area contributed by atoms with Gasteiger partial charge in [0, 0.05) is 29.6 Å². The summed E-state index contributed by atoms with van der Waals surface area (Å²) in [6.45, 7) is 6.63. The van der Waals surface area contributed by atoms with Crippen molar-refractivity contribution in [3.63, 3.8) is 0 Å². The molecule has 0 aliphatic carbocycles. The molecule has 0 radical (unpaired) electrons. The molecule has 0 N–H and O–H groups in total. The molecule has 0 spiro atoms. The summed E-state index contributed by atoms with van der Waals surface area (Å²) in [5.41, 5.74) is 3.50. The number of aryl methyl sites for hydroxylation is 1. The lowest BCUT2D eigenvalue weighted by Crippen LogP contribution is -2.14. The average molecular weight is 416 g/mol. The van der Waals surface area contributed by atoms with E-state index in [1.165, 1.54) is 11.8 Å². The molecule has 2 aromatic heterocycles. The van der Waals surface area contributed by atoms with Gasteiger partial charge in [0.2, 0.25) is 5.89 Å². The third-order valence-corrected chi connectivity index (χ3v) is 5.52. The molecule has 1 atom stereocenters. The van der Waals surface area contributed by atoms with Crippen molar-refractivity contribution in [2.45, 2.75) is 32.0 Å². The van der Waals surface area contributed by atoms with Gasteiger partial charge in [-0.05, 0) is 51.1 Å². The van der Waals surface area contributed by atoms with Crippen LogP contribution in [0.3, 0.4) is 0 Å². The van der Waals surface area contributed by atoms with E-state index in [1.54, 1.807) is 14.2 Å². The number of Topliss-reactive ketones (excluding diaryl/α,β-unsaturated/α-hetero) is 1. The zero-order chi connectivity index (χ0) is 21.0. The van der Waals surface area contributed by atoms with Crippen LogP contribution < -0.4 is 4.74 Å². The first-order valence-corrected chi connectivity index (χ1v) is 10.2. The van der Waals surface area contributed by atoms with Crippen molar-refractivity contribution in [3.8, 4) is 17.2 Å². The number of benzene rings is 1. The highest BCUT2D eigenvalue weighted by atomic mass is 32.2. The first-order chi connectivity index (χ1) is 13.9. The second-order valence-corrected chi connectivity index (χ2v) is 7.70. The van der Waals surface area contributed by atoms with Gasteiger partial charge in [0.1, 0.15) is 5.75 Å². The highest BCUT2D eigenvalue weighted by Gasteiger charge is 2.20. The molecule has 7 nitrogen and oxygen atoms in total. The van der Waals surface area contributed by atoms with E-state index >= 15 is 0 Å². The monoisotopic (exact) mass is 415 g/mol. The Morgan fingerprint density at radius 1 is 1.21 bits per heavy atom. The highest BCUT2D eigenvalue weighted by Crippen LogP contribution is 2.27. The minimum absolute atomic E-state index is 0.0307. The Hall–Kier alpha value is -2.58. The molecule has 0 aliphatic heterocycles. The van der Waals surface area contributed by atoms with Gasteiger partial charge >= 0.3 is 0 Å². The van der Waals surface area contributed by atoms with Crippen LogP contribution in [0.5, 0.6) is 5.75 Å². The van der Waals surface area contributed by atoms with Gasteiger partial charge in [0.05, 0.1) is 25.5 Å². The largest absolute Gasteiger partial charge is 0.497 e. The van der Waals surface area contributed by atoms with Gasteiger partial charge in [-0.2, -0.15) is 0 Å². The van der Waals surface area contributed by atoms with Crippen LogP contribution in [0.15, 0.2) is 40.0 Å². The fraction of sp³-hybridized carbons (Fsp3) is 0.381. The normalized spacial score (nSPS) is 12.2. The summed E-state index contributed by atoms with van der Waals surface area (Å²) in [6.07, 6.45) is 0. The third kappa shape index (κ3) is 4.71. The molecule has 29 heavy (non-hydrogen) atoms. The second kappa shape index (κ2) is 9.28. The van der Waals surface area contributed by atoms with Gasteiger partial charge in [-0.3, -0.25) is 4.79 Å². The Bertz CT molecular complexity index is 978. The Balaban J connectivity index is 1.67. The lowest BCUT2D eigenvalue weighted by molar-refractivity contribution is 0.102. The van der Waals surface area contributed by atoms with Crippen LogP contribution in [0, 0.1) is 13.8 Å². The van der Waals surface area contributed by atoms with E-state index in [-0.39, 0.29) is 17.6 Å². The standard InChI is InChI=1S/C21H25N3O4S/c1-13-10-18(15(3)24(13)14(2)11-26-4)19(25)12-29-21-23-22-20(28-21)16-6-8-17(27-5)9-7-16/h6-10,14H,11-12H2,1-5H3. The molecular formula is C21H25N3O4S. The van der Waals surface area contributed by atoms with E-state index < -0.39 is 0 Å². The number of hydrogen-bond donors (Lipinski definition) is 0. The molecule has 154 valence electrons. The second-order valence-electron chi connectivity index (χ2n) is 6.77. The van der Waals surface area contributed by atoms with Crippen LogP contribution >= 0.6 is 11.8 Å². The van der Waals surface area contributed by atoms with Crippen molar-refractivity contribution in [3.05, 3.63) is 47.3 Å². The highest BCUT2D eigenvalue weighted by molar-refractivity contribution is 7.99. The topological polar surface area (TPSA) is 79.4 Å². The maximum absolute atomic E-state index is 12.8. The lowest BCUT2D eigenvalue weighted by atomic mass is 10.2. The molecule has 3 aromatic rings. The zero-order valence-corrected chi connectivity index (χ0v) is 18.1. The Morgan fingerprint density at radius 2 is 1.93 bits per heavy atom. The number of ketones is 1. The fourth-order valence-corrected chi connectivity index (χ4v) is 4.02. The smallest absolute Gasteiger partial charge is 0.277 e. The predicted molar refractivity (Wildman–Crippen MR) is 112 cm³/mol. The third-order valence-electron chi connectivity index (χ3n) is 4.70. The summed E-state index contributed by atoms with van der Waals surface area (Å²) in [5, 5.41) is 8.47. The van der Waals surface area contributed by atoms with Crippen LogP contribution in [0.1, 0.15) is 34.7 Å². The van der Waals surface area contributed by atoms with Gasteiger partial charge in [-0.15, -0.1) is 10.2 Å². The predicted octanol–water partition coefficient (Wildman–Crippen LogP) is 4.35. The quantitative estimate of drug-likeness (QED) is 0.380. The molecule has 0 saturated heterocycles. The number of rotatable bonds is 9. The van der Waals surface area contributed by atoms with Gasteiger partial charge in [-0.1, -0.05) is 11.8 Å². The van der Waals surface area contributed by atoms with Gasteiger partial charge in [0.15, 0.2) is 5.78 Å². The van der Waals surface area contributed by atoms with E-state index in [0.717, 1.165) is 22.7 Å². The first kappa shape index (κ1) is 21.1. The Morgan fingerprint density at radius 3 is 2.59 bits per heavy atom. The number of methoxy groups -OCH3 is 2. The summed E-state index contributed by atoms with van der Waals surface area (Å²) in [6, 6.07) is 9.45. The number of aromatic nitrogens is 3. The summed E-state index contributed by atoms with van der Waals surface area (Å²) in [7, 11) is 3.29. The van der Waals surface area contributed by atoms with Gasteiger partial charge in [-0.25, -0.2) is 0 Å². The number of thioether (sulfide) groups is 1. The van der Waals surface area contributed by atoms with Crippen molar-refractivity contribution in [2.75, 3.05) is 26.6 Å². The fourth-order valence-electron chi connectivity index (χ4n) is 3.38.